The molecule has 5 nitrogen and oxygen atoms in total. The van der Waals surface area contributed by atoms with Gasteiger partial charge in [0.05, 0.1) is 17.8 Å². The summed E-state index contributed by atoms with van der Waals surface area (Å²) in [7, 11) is 0. The average Bonchev–Trinajstić information content (AvgIpc) is 2.97. The van der Waals surface area contributed by atoms with Crippen LogP contribution in [0, 0.1) is 0 Å². The maximum Gasteiger partial charge on any atom is 0.142 e. The maximum absolute atomic E-state index is 5.86. The lowest BCUT2D eigenvalue weighted by atomic mass is 10.2. The predicted molar refractivity (Wildman–Crippen MR) is 83.8 cm³/mol. The Kier molecular flexibility index (Phi) is 3.48. The van der Waals surface area contributed by atoms with Crippen LogP contribution in [0.2, 0.25) is 0 Å². The molecule has 3 aromatic rings. The summed E-state index contributed by atoms with van der Waals surface area (Å²) >= 11 is 0. The molecule has 0 aliphatic carbocycles. The molecule has 2 heterocycles. The van der Waals surface area contributed by atoms with E-state index in [2.05, 4.69) is 16.9 Å². The monoisotopic (exact) mass is 282 g/mol. The maximum atomic E-state index is 5.86. The molecule has 3 rings (SSSR count). The van der Waals surface area contributed by atoms with Crippen molar-refractivity contribution in [1.29, 1.82) is 0 Å². The molecule has 0 amide bonds. The lowest BCUT2D eigenvalue weighted by Gasteiger charge is -2.11. The number of nitrogens with zero attached hydrogens (tertiary/aromatic N) is 3. The summed E-state index contributed by atoms with van der Waals surface area (Å²) in [6.07, 6.45) is 4.66. The fourth-order valence-corrected chi connectivity index (χ4v) is 2.28. The molecule has 21 heavy (non-hydrogen) atoms. The van der Waals surface area contributed by atoms with Crippen LogP contribution in [0.1, 0.15) is 19.5 Å². The minimum atomic E-state index is 0.595. The van der Waals surface area contributed by atoms with Crippen LogP contribution in [0.5, 0.6) is 5.75 Å². The molecule has 0 aliphatic heterocycles. The van der Waals surface area contributed by atoms with Gasteiger partial charge < -0.3 is 10.5 Å². The Balaban J connectivity index is 2.17. The number of imidazole rings is 1. The van der Waals surface area contributed by atoms with Crippen LogP contribution in [0.25, 0.3) is 16.7 Å². The van der Waals surface area contributed by atoms with E-state index in [0.29, 0.717) is 12.3 Å². The summed E-state index contributed by atoms with van der Waals surface area (Å²) in [5.41, 5.74) is 8.46. The van der Waals surface area contributed by atoms with Gasteiger partial charge in [0.1, 0.15) is 17.9 Å². The highest BCUT2D eigenvalue weighted by Crippen LogP contribution is 2.28. The van der Waals surface area contributed by atoms with Crippen LogP contribution in [0.4, 0.5) is 5.69 Å². The zero-order valence-electron chi connectivity index (χ0n) is 12.2. The molecular formula is C16H18N4O. The molecule has 2 N–H and O–H groups in total. The van der Waals surface area contributed by atoms with Crippen LogP contribution in [0.15, 0.2) is 36.8 Å². The molecule has 0 aliphatic rings. The summed E-state index contributed by atoms with van der Waals surface area (Å²) in [6, 6.07) is 7.57. The van der Waals surface area contributed by atoms with Crippen LogP contribution in [-0.4, -0.2) is 21.1 Å². The molecule has 1 aromatic carbocycles. The van der Waals surface area contributed by atoms with Gasteiger partial charge in [-0.05, 0) is 31.5 Å². The van der Waals surface area contributed by atoms with Gasteiger partial charge in [-0.15, -0.1) is 0 Å². The number of fused-ring (bicyclic) bond motifs is 1. The van der Waals surface area contributed by atoms with E-state index in [9.17, 15) is 0 Å². The van der Waals surface area contributed by atoms with Crippen molar-refractivity contribution >= 4 is 16.6 Å². The van der Waals surface area contributed by atoms with Crippen LogP contribution < -0.4 is 10.5 Å². The third kappa shape index (κ3) is 2.54. The van der Waals surface area contributed by atoms with Crippen LogP contribution in [0.3, 0.4) is 0 Å². The van der Waals surface area contributed by atoms with Gasteiger partial charge in [-0.25, -0.2) is 9.97 Å². The Hall–Kier alpha value is -2.56. The number of hydrogen-bond acceptors (Lipinski definition) is 4. The molecule has 0 unspecified atom stereocenters. The smallest absolute Gasteiger partial charge is 0.142 e. The molecule has 0 bridgehead atoms. The minimum absolute atomic E-state index is 0.595. The molecule has 0 radical (unpaired) electrons. The van der Waals surface area contributed by atoms with Gasteiger partial charge in [-0.1, -0.05) is 6.92 Å². The summed E-state index contributed by atoms with van der Waals surface area (Å²) in [4.78, 5) is 9.01. The van der Waals surface area contributed by atoms with Crippen molar-refractivity contribution in [3.05, 3.63) is 42.5 Å². The quantitative estimate of drug-likeness (QED) is 0.747. The number of aryl methyl sites for hydroxylation is 1. The first kappa shape index (κ1) is 13.4. The number of rotatable bonds is 4. The zero-order valence-corrected chi connectivity index (χ0v) is 12.2. The first-order valence-electron chi connectivity index (χ1n) is 7.07. The number of nitrogen functional groups attached to an aromatic ring is 1. The second-order valence-corrected chi connectivity index (χ2v) is 4.81. The summed E-state index contributed by atoms with van der Waals surface area (Å²) in [6.45, 7) is 4.64. The van der Waals surface area contributed by atoms with E-state index < -0.39 is 0 Å². The topological polar surface area (TPSA) is 66.0 Å². The van der Waals surface area contributed by atoms with E-state index in [1.54, 1.807) is 6.33 Å². The number of benzene rings is 1. The van der Waals surface area contributed by atoms with Gasteiger partial charge in [0.25, 0.3) is 0 Å². The largest absolute Gasteiger partial charge is 0.493 e. The van der Waals surface area contributed by atoms with E-state index in [1.807, 2.05) is 42.0 Å². The Morgan fingerprint density at radius 2 is 2.10 bits per heavy atom. The standard InChI is InChI=1S/C16H18N4O/c1-3-12-9-20(10-18-12)16-8-15(21-4-2)13-7-11(17)5-6-14(13)19-16/h5-10H,3-4,17H2,1-2H3. The fourth-order valence-electron chi connectivity index (χ4n) is 2.28. The molecule has 0 spiro atoms. The van der Waals surface area contributed by atoms with E-state index in [1.165, 1.54) is 0 Å². The third-order valence-corrected chi connectivity index (χ3v) is 3.34. The second-order valence-electron chi connectivity index (χ2n) is 4.81. The number of anilines is 1. The second kappa shape index (κ2) is 5.44. The van der Waals surface area contributed by atoms with Crippen LogP contribution in [-0.2, 0) is 6.42 Å². The number of hydrogen-bond donors (Lipinski definition) is 1. The predicted octanol–water partition coefficient (Wildman–Crippen LogP) is 2.96. The van der Waals surface area contributed by atoms with E-state index >= 15 is 0 Å². The van der Waals surface area contributed by atoms with Gasteiger partial charge in [0.2, 0.25) is 0 Å². The average molecular weight is 282 g/mol. The lowest BCUT2D eigenvalue weighted by molar-refractivity contribution is 0.344. The lowest BCUT2D eigenvalue weighted by Crippen LogP contribution is -2.00. The van der Waals surface area contributed by atoms with Crippen molar-refractivity contribution in [3.63, 3.8) is 0 Å². The van der Waals surface area contributed by atoms with Crippen molar-refractivity contribution in [1.82, 2.24) is 14.5 Å². The molecular weight excluding hydrogens is 264 g/mol. The van der Waals surface area contributed by atoms with Crippen molar-refractivity contribution < 1.29 is 4.74 Å². The Morgan fingerprint density at radius 3 is 2.81 bits per heavy atom. The van der Waals surface area contributed by atoms with Gasteiger partial charge in [0, 0.05) is 23.3 Å². The molecule has 0 saturated heterocycles. The summed E-state index contributed by atoms with van der Waals surface area (Å²) < 4.78 is 7.65. The van der Waals surface area contributed by atoms with Gasteiger partial charge >= 0.3 is 0 Å². The van der Waals surface area contributed by atoms with Gasteiger partial charge in [-0.3, -0.25) is 4.57 Å². The van der Waals surface area contributed by atoms with E-state index in [-0.39, 0.29) is 0 Å². The molecule has 2 aromatic heterocycles. The molecule has 108 valence electrons. The Morgan fingerprint density at radius 1 is 1.24 bits per heavy atom. The van der Waals surface area contributed by atoms with Gasteiger partial charge in [0.15, 0.2) is 0 Å². The minimum Gasteiger partial charge on any atom is -0.493 e. The number of nitrogens with two attached hydrogens (primary N) is 1. The molecule has 0 fully saturated rings. The molecule has 5 heteroatoms. The Labute approximate surface area is 123 Å². The first-order chi connectivity index (χ1) is 10.2. The SMILES string of the molecule is CCOc1cc(-n2cnc(CC)c2)nc2ccc(N)cc12. The summed E-state index contributed by atoms with van der Waals surface area (Å²) in [5, 5.41) is 0.927. The highest BCUT2D eigenvalue weighted by Gasteiger charge is 2.09. The van der Waals surface area contributed by atoms with Crippen molar-refractivity contribution in [2.24, 2.45) is 0 Å². The number of aromatic nitrogens is 3. The normalized spacial score (nSPS) is 11.0. The highest BCUT2D eigenvalue weighted by atomic mass is 16.5. The van der Waals surface area contributed by atoms with Crippen LogP contribution >= 0.6 is 0 Å². The number of ether oxygens (including phenoxy) is 1. The molecule has 0 atom stereocenters. The Bertz CT molecular complexity index is 779. The third-order valence-electron chi connectivity index (χ3n) is 3.34. The van der Waals surface area contributed by atoms with E-state index in [4.69, 9.17) is 10.5 Å². The summed E-state index contributed by atoms with van der Waals surface area (Å²) in [5.74, 6) is 1.58. The van der Waals surface area contributed by atoms with Crippen molar-refractivity contribution in [2.75, 3.05) is 12.3 Å². The van der Waals surface area contributed by atoms with Crippen molar-refractivity contribution in [3.8, 4) is 11.6 Å². The molecule has 0 saturated carbocycles. The first-order valence-corrected chi connectivity index (χ1v) is 7.07. The highest BCUT2D eigenvalue weighted by molar-refractivity contribution is 5.88. The fraction of sp³-hybridized carbons (Fsp3) is 0.250. The van der Waals surface area contributed by atoms with E-state index in [0.717, 1.165) is 34.6 Å². The number of pyridine rings is 1. The van der Waals surface area contributed by atoms with Crippen molar-refractivity contribution in [2.45, 2.75) is 20.3 Å². The van der Waals surface area contributed by atoms with Gasteiger partial charge in [-0.2, -0.15) is 0 Å². The zero-order chi connectivity index (χ0) is 14.8.